The van der Waals surface area contributed by atoms with Gasteiger partial charge in [-0.3, -0.25) is 15.1 Å². The molecule has 1 aromatic heterocycles. The second kappa shape index (κ2) is 8.93. The minimum Gasteiger partial charge on any atom is -0.491 e. The van der Waals surface area contributed by atoms with Gasteiger partial charge in [0.05, 0.1) is 30.8 Å². The summed E-state index contributed by atoms with van der Waals surface area (Å²) in [5.41, 5.74) is 11.0. The van der Waals surface area contributed by atoms with Crippen LogP contribution in [0.2, 0.25) is 0 Å². The van der Waals surface area contributed by atoms with Crippen LogP contribution in [-0.2, 0) is 16.0 Å². The molecule has 4 rings (SSSR count). The summed E-state index contributed by atoms with van der Waals surface area (Å²) in [6.07, 6.45) is 3.47. The largest absolute Gasteiger partial charge is 0.491 e. The number of nitrogens with zero attached hydrogens (tertiary/aromatic N) is 1. The van der Waals surface area contributed by atoms with E-state index in [0.29, 0.717) is 18.0 Å². The highest BCUT2D eigenvalue weighted by atomic mass is 16.5. The number of pyridine rings is 1. The molecule has 2 aliphatic rings. The zero-order valence-corrected chi connectivity index (χ0v) is 17.9. The van der Waals surface area contributed by atoms with Gasteiger partial charge in [0.15, 0.2) is 0 Å². The lowest BCUT2D eigenvalue weighted by molar-refractivity contribution is -0.119. The maximum absolute atomic E-state index is 12.9. The van der Waals surface area contributed by atoms with E-state index in [1.54, 1.807) is 12.1 Å². The number of benzene rings is 1. The normalized spacial score (nSPS) is 20.7. The van der Waals surface area contributed by atoms with Crippen LogP contribution in [-0.4, -0.2) is 30.7 Å². The Morgan fingerprint density at radius 1 is 1.26 bits per heavy atom. The second-order valence-electron chi connectivity index (χ2n) is 8.13. The molecule has 4 N–H and O–H groups in total. The van der Waals surface area contributed by atoms with Crippen LogP contribution in [0.1, 0.15) is 50.0 Å². The molecule has 2 atom stereocenters. The quantitative estimate of drug-likeness (QED) is 0.637. The number of ether oxygens (including phenoxy) is 2. The number of hydrogen-bond acceptors (Lipinski definition) is 6. The van der Waals surface area contributed by atoms with E-state index in [1.165, 1.54) is 7.11 Å². The van der Waals surface area contributed by atoms with Crippen LogP contribution in [0.3, 0.4) is 0 Å². The number of aromatic nitrogens is 1. The van der Waals surface area contributed by atoms with Crippen molar-refractivity contribution in [1.82, 2.24) is 4.98 Å². The van der Waals surface area contributed by atoms with Gasteiger partial charge in [0, 0.05) is 28.8 Å². The summed E-state index contributed by atoms with van der Waals surface area (Å²) in [6, 6.07) is 7.13. The summed E-state index contributed by atoms with van der Waals surface area (Å²) < 4.78 is 10.7. The Bertz CT molecular complexity index is 1010. The summed E-state index contributed by atoms with van der Waals surface area (Å²) in [4.78, 5) is 29.4. The molecule has 0 fully saturated rings. The highest BCUT2D eigenvalue weighted by Gasteiger charge is 2.25. The van der Waals surface area contributed by atoms with Crippen LogP contribution in [0.25, 0.3) is 11.1 Å². The molecule has 0 saturated heterocycles. The van der Waals surface area contributed by atoms with Crippen LogP contribution < -0.4 is 21.1 Å². The molecule has 8 heteroatoms. The Morgan fingerprint density at radius 2 is 2.10 bits per heavy atom. The molecule has 1 aromatic carbocycles. The third-order valence-electron chi connectivity index (χ3n) is 5.85. The molecule has 0 radical (unpaired) electrons. The standard InChI is InChI=1S/C23H28N4O4/c1-13-5-3-6-17(24)20-12-16(21-18(26-20)7-4-10-31-21)15-9-8-14(25-23(29)30-2)11-19(15)27-22(13)28/h8-9,11-13,17H,3-7,10,24H2,1-2H3,(H,25,29)(H,27,28)/t13-,17+/m1/s1. The van der Waals surface area contributed by atoms with Crippen molar-refractivity contribution in [3.8, 4) is 16.9 Å². The number of fused-ring (bicyclic) bond motifs is 6. The highest BCUT2D eigenvalue weighted by molar-refractivity contribution is 5.99. The summed E-state index contributed by atoms with van der Waals surface area (Å²) in [6.45, 7) is 2.53. The molecule has 31 heavy (non-hydrogen) atoms. The van der Waals surface area contributed by atoms with Crippen molar-refractivity contribution in [2.75, 3.05) is 24.4 Å². The number of aryl methyl sites for hydroxylation is 1. The number of nitrogens with one attached hydrogen (secondary N) is 2. The van der Waals surface area contributed by atoms with Gasteiger partial charge in [0.25, 0.3) is 0 Å². The van der Waals surface area contributed by atoms with Crippen LogP contribution in [0.4, 0.5) is 16.2 Å². The van der Waals surface area contributed by atoms with Crippen molar-refractivity contribution in [2.45, 2.75) is 45.1 Å². The van der Waals surface area contributed by atoms with Gasteiger partial charge in [-0.2, -0.15) is 0 Å². The molecule has 0 aliphatic carbocycles. The number of carbonyl (C=O) groups excluding carboxylic acids is 2. The minimum absolute atomic E-state index is 0.0744. The summed E-state index contributed by atoms with van der Waals surface area (Å²) >= 11 is 0. The van der Waals surface area contributed by atoms with Gasteiger partial charge < -0.3 is 20.5 Å². The number of amides is 2. The monoisotopic (exact) mass is 424 g/mol. The molecule has 2 aliphatic heterocycles. The predicted molar refractivity (Wildman–Crippen MR) is 118 cm³/mol. The number of nitrogens with two attached hydrogens (primary N) is 1. The second-order valence-corrected chi connectivity index (χ2v) is 8.13. The first-order valence-corrected chi connectivity index (χ1v) is 10.7. The van der Waals surface area contributed by atoms with E-state index in [-0.39, 0.29) is 17.9 Å². The smallest absolute Gasteiger partial charge is 0.411 e. The van der Waals surface area contributed by atoms with Crippen molar-refractivity contribution in [1.29, 1.82) is 0 Å². The molecule has 3 heterocycles. The fraction of sp³-hybridized carbons (Fsp3) is 0.435. The van der Waals surface area contributed by atoms with Gasteiger partial charge in [-0.1, -0.05) is 19.4 Å². The van der Waals surface area contributed by atoms with Crippen molar-refractivity contribution in [3.63, 3.8) is 0 Å². The average Bonchev–Trinajstić information content (AvgIpc) is 2.77. The molecule has 2 bridgehead atoms. The topological polar surface area (TPSA) is 116 Å². The van der Waals surface area contributed by atoms with E-state index in [9.17, 15) is 9.59 Å². The third-order valence-corrected chi connectivity index (χ3v) is 5.85. The van der Waals surface area contributed by atoms with E-state index in [4.69, 9.17) is 20.2 Å². The maximum atomic E-state index is 12.9. The first kappa shape index (κ1) is 21.1. The summed E-state index contributed by atoms with van der Waals surface area (Å²) in [5.74, 6) is 0.485. The SMILES string of the molecule is COC(=O)Nc1ccc2c(c1)NC(=O)[C@H](C)CCC[C@H](N)c1cc-2c2c(n1)CCCO2. The Balaban J connectivity index is 1.88. The Morgan fingerprint density at radius 3 is 2.90 bits per heavy atom. The number of methoxy groups -OCH3 is 1. The molecule has 164 valence electrons. The van der Waals surface area contributed by atoms with Crippen molar-refractivity contribution >= 4 is 23.4 Å². The molecular weight excluding hydrogens is 396 g/mol. The highest BCUT2D eigenvalue weighted by Crippen LogP contribution is 2.41. The lowest BCUT2D eigenvalue weighted by atomic mass is 9.93. The van der Waals surface area contributed by atoms with E-state index < -0.39 is 6.09 Å². The molecule has 2 aromatic rings. The molecule has 2 amide bonds. The van der Waals surface area contributed by atoms with E-state index in [2.05, 4.69) is 10.6 Å². The van der Waals surface area contributed by atoms with Gasteiger partial charge in [-0.15, -0.1) is 0 Å². The predicted octanol–water partition coefficient (Wildman–Crippen LogP) is 4.01. The fourth-order valence-corrected chi connectivity index (χ4v) is 4.05. The Hall–Kier alpha value is -3.13. The van der Waals surface area contributed by atoms with Crippen LogP contribution in [0.15, 0.2) is 24.3 Å². The minimum atomic E-state index is -0.578. The first-order chi connectivity index (χ1) is 15.0. The van der Waals surface area contributed by atoms with Gasteiger partial charge in [0.1, 0.15) is 5.75 Å². The van der Waals surface area contributed by atoms with Crippen molar-refractivity contribution < 1.29 is 19.1 Å². The van der Waals surface area contributed by atoms with Gasteiger partial charge >= 0.3 is 6.09 Å². The van der Waals surface area contributed by atoms with E-state index in [0.717, 1.165) is 60.4 Å². The summed E-state index contributed by atoms with van der Waals surface area (Å²) in [5, 5.41) is 5.70. The van der Waals surface area contributed by atoms with Crippen molar-refractivity contribution in [2.24, 2.45) is 11.7 Å². The number of carbonyl (C=O) groups is 2. The summed E-state index contributed by atoms with van der Waals surface area (Å²) in [7, 11) is 1.30. The van der Waals surface area contributed by atoms with E-state index >= 15 is 0 Å². The van der Waals surface area contributed by atoms with Gasteiger partial charge in [0.2, 0.25) is 5.91 Å². The van der Waals surface area contributed by atoms with Crippen LogP contribution in [0.5, 0.6) is 5.75 Å². The fourth-order valence-electron chi connectivity index (χ4n) is 4.05. The lowest BCUT2D eigenvalue weighted by Gasteiger charge is -2.25. The molecule has 0 unspecified atom stereocenters. The Kier molecular flexibility index (Phi) is 6.08. The third kappa shape index (κ3) is 4.49. The lowest BCUT2D eigenvalue weighted by Crippen LogP contribution is -2.23. The zero-order chi connectivity index (χ0) is 22.0. The maximum Gasteiger partial charge on any atom is 0.411 e. The van der Waals surface area contributed by atoms with Gasteiger partial charge in [-0.25, -0.2) is 4.79 Å². The van der Waals surface area contributed by atoms with Crippen LogP contribution >= 0.6 is 0 Å². The molecule has 8 nitrogen and oxygen atoms in total. The molecule has 0 saturated carbocycles. The first-order valence-electron chi connectivity index (χ1n) is 10.7. The number of hydrogen-bond donors (Lipinski definition) is 3. The molecular formula is C23H28N4O4. The number of anilines is 2. The Labute approximate surface area is 181 Å². The zero-order valence-electron chi connectivity index (χ0n) is 17.9. The average molecular weight is 425 g/mol. The number of rotatable bonds is 1. The molecule has 0 spiro atoms. The van der Waals surface area contributed by atoms with Crippen LogP contribution in [0, 0.1) is 5.92 Å². The van der Waals surface area contributed by atoms with Gasteiger partial charge in [-0.05, 0) is 43.9 Å². The van der Waals surface area contributed by atoms with Crippen molar-refractivity contribution in [3.05, 3.63) is 35.7 Å². The van der Waals surface area contributed by atoms with E-state index in [1.807, 2.05) is 19.1 Å².